The smallest absolute Gasteiger partial charge is 0.238 e. The SMILES string of the molecule is C=CCn1cc(CC(=O)NN)c2ccccc21. The van der Waals surface area contributed by atoms with Crippen molar-refractivity contribution in [3.63, 3.8) is 0 Å². The first-order valence-electron chi connectivity index (χ1n) is 5.43. The molecular formula is C13H15N3O. The summed E-state index contributed by atoms with van der Waals surface area (Å²) in [6.45, 7) is 4.46. The highest BCUT2D eigenvalue weighted by atomic mass is 16.2. The van der Waals surface area contributed by atoms with E-state index in [1.54, 1.807) is 0 Å². The molecule has 17 heavy (non-hydrogen) atoms. The topological polar surface area (TPSA) is 60.0 Å². The third-order valence-corrected chi connectivity index (χ3v) is 2.71. The largest absolute Gasteiger partial charge is 0.343 e. The average Bonchev–Trinajstić information content (AvgIpc) is 2.69. The van der Waals surface area contributed by atoms with Crippen LogP contribution < -0.4 is 11.3 Å². The van der Waals surface area contributed by atoms with E-state index in [4.69, 9.17) is 5.84 Å². The third-order valence-electron chi connectivity index (χ3n) is 2.71. The first kappa shape index (κ1) is 11.4. The summed E-state index contributed by atoms with van der Waals surface area (Å²) in [5.74, 6) is 4.92. The Morgan fingerprint density at radius 1 is 1.47 bits per heavy atom. The number of hydrazine groups is 1. The summed E-state index contributed by atoms with van der Waals surface area (Å²) in [4.78, 5) is 11.3. The number of nitrogens with one attached hydrogen (secondary N) is 1. The number of benzene rings is 1. The predicted molar refractivity (Wildman–Crippen MR) is 68.2 cm³/mol. The van der Waals surface area contributed by atoms with Crippen molar-refractivity contribution < 1.29 is 4.79 Å². The minimum Gasteiger partial charge on any atom is -0.343 e. The van der Waals surface area contributed by atoms with Gasteiger partial charge < -0.3 is 4.57 Å². The van der Waals surface area contributed by atoms with E-state index in [9.17, 15) is 4.79 Å². The van der Waals surface area contributed by atoms with Crippen LogP contribution in [0.15, 0.2) is 43.1 Å². The van der Waals surface area contributed by atoms with Crippen LogP contribution in [0.25, 0.3) is 10.9 Å². The summed E-state index contributed by atoms with van der Waals surface area (Å²) in [5.41, 5.74) is 4.23. The van der Waals surface area contributed by atoms with Gasteiger partial charge in [0.15, 0.2) is 0 Å². The molecule has 2 aromatic rings. The van der Waals surface area contributed by atoms with Crippen molar-refractivity contribution in [2.24, 2.45) is 5.84 Å². The van der Waals surface area contributed by atoms with Gasteiger partial charge in [0.25, 0.3) is 0 Å². The van der Waals surface area contributed by atoms with E-state index >= 15 is 0 Å². The Morgan fingerprint density at radius 2 is 2.24 bits per heavy atom. The van der Waals surface area contributed by atoms with E-state index in [1.807, 2.05) is 36.5 Å². The molecule has 4 nitrogen and oxygen atoms in total. The van der Waals surface area contributed by atoms with Crippen LogP contribution in [0.3, 0.4) is 0 Å². The summed E-state index contributed by atoms with van der Waals surface area (Å²) < 4.78 is 2.07. The Kier molecular flexibility index (Phi) is 3.25. The molecule has 4 heteroatoms. The number of aromatic nitrogens is 1. The van der Waals surface area contributed by atoms with E-state index in [2.05, 4.69) is 16.6 Å². The first-order chi connectivity index (χ1) is 8.26. The van der Waals surface area contributed by atoms with Crippen LogP contribution >= 0.6 is 0 Å². The van der Waals surface area contributed by atoms with Crippen LogP contribution in [0.2, 0.25) is 0 Å². The van der Waals surface area contributed by atoms with Gasteiger partial charge in [-0.15, -0.1) is 6.58 Å². The van der Waals surface area contributed by atoms with Gasteiger partial charge in [-0.25, -0.2) is 5.84 Å². The normalized spacial score (nSPS) is 10.4. The van der Waals surface area contributed by atoms with Crippen LogP contribution in [-0.2, 0) is 17.8 Å². The first-order valence-corrected chi connectivity index (χ1v) is 5.43. The van der Waals surface area contributed by atoms with Gasteiger partial charge in [0.05, 0.1) is 6.42 Å². The van der Waals surface area contributed by atoms with Gasteiger partial charge in [-0.3, -0.25) is 10.2 Å². The zero-order valence-corrected chi connectivity index (χ0v) is 9.52. The number of allylic oxidation sites excluding steroid dienone is 1. The summed E-state index contributed by atoms with van der Waals surface area (Å²) in [5, 5.41) is 1.08. The molecule has 0 aliphatic heterocycles. The fourth-order valence-electron chi connectivity index (χ4n) is 1.98. The Hall–Kier alpha value is -2.07. The number of carbonyl (C=O) groups is 1. The van der Waals surface area contributed by atoms with E-state index in [0.717, 1.165) is 23.0 Å². The van der Waals surface area contributed by atoms with Gasteiger partial charge >= 0.3 is 0 Å². The molecule has 0 aliphatic carbocycles. The molecule has 88 valence electrons. The number of carbonyl (C=O) groups excluding carboxylic acids is 1. The second kappa shape index (κ2) is 4.84. The number of nitrogens with two attached hydrogens (primary N) is 1. The lowest BCUT2D eigenvalue weighted by molar-refractivity contribution is -0.120. The Bertz CT molecular complexity index is 557. The lowest BCUT2D eigenvalue weighted by Crippen LogP contribution is -2.31. The van der Waals surface area contributed by atoms with Crippen molar-refractivity contribution in [1.82, 2.24) is 9.99 Å². The third kappa shape index (κ3) is 2.21. The summed E-state index contributed by atoms with van der Waals surface area (Å²) in [6, 6.07) is 7.98. The molecule has 1 heterocycles. The molecule has 1 amide bonds. The maximum Gasteiger partial charge on any atom is 0.238 e. The fourth-order valence-corrected chi connectivity index (χ4v) is 1.98. The monoisotopic (exact) mass is 229 g/mol. The summed E-state index contributed by atoms with van der Waals surface area (Å²) in [6.07, 6.45) is 4.10. The average molecular weight is 229 g/mol. The van der Waals surface area contributed by atoms with Crippen molar-refractivity contribution in [1.29, 1.82) is 0 Å². The second-order valence-corrected chi connectivity index (χ2v) is 3.86. The highest BCUT2D eigenvalue weighted by Crippen LogP contribution is 2.21. The molecule has 0 saturated heterocycles. The lowest BCUT2D eigenvalue weighted by atomic mass is 10.1. The van der Waals surface area contributed by atoms with Crippen molar-refractivity contribution in [2.45, 2.75) is 13.0 Å². The number of hydrogen-bond donors (Lipinski definition) is 2. The number of rotatable bonds is 4. The molecule has 0 spiro atoms. The minimum atomic E-state index is -0.188. The number of fused-ring (bicyclic) bond motifs is 1. The van der Waals surface area contributed by atoms with E-state index < -0.39 is 0 Å². The standard InChI is InChI=1S/C13H15N3O/c1-2-7-16-9-10(8-13(17)15-14)11-5-3-4-6-12(11)16/h2-6,9H,1,7-8,14H2,(H,15,17). The molecule has 0 unspecified atom stereocenters. The summed E-state index contributed by atoms with van der Waals surface area (Å²) >= 11 is 0. The highest BCUT2D eigenvalue weighted by Gasteiger charge is 2.10. The molecule has 1 aromatic heterocycles. The van der Waals surface area contributed by atoms with E-state index in [-0.39, 0.29) is 5.91 Å². The number of hydrogen-bond acceptors (Lipinski definition) is 2. The number of amides is 1. The van der Waals surface area contributed by atoms with Crippen molar-refractivity contribution in [3.05, 3.63) is 48.7 Å². The predicted octanol–water partition coefficient (Wildman–Crippen LogP) is 1.36. The molecule has 1 aromatic carbocycles. The highest BCUT2D eigenvalue weighted by molar-refractivity contribution is 5.89. The summed E-state index contributed by atoms with van der Waals surface area (Å²) in [7, 11) is 0. The zero-order chi connectivity index (χ0) is 12.3. The molecule has 3 N–H and O–H groups in total. The van der Waals surface area contributed by atoms with Crippen molar-refractivity contribution >= 4 is 16.8 Å². The molecule has 0 radical (unpaired) electrons. The maximum absolute atomic E-state index is 11.3. The van der Waals surface area contributed by atoms with Gasteiger partial charge in [0.2, 0.25) is 5.91 Å². The molecule has 0 fully saturated rings. The van der Waals surface area contributed by atoms with Crippen LogP contribution in [0.1, 0.15) is 5.56 Å². The van der Waals surface area contributed by atoms with Gasteiger partial charge in [0, 0.05) is 23.6 Å². The fraction of sp³-hybridized carbons (Fsp3) is 0.154. The minimum absolute atomic E-state index is 0.188. The molecular weight excluding hydrogens is 214 g/mol. The maximum atomic E-state index is 11.3. The van der Waals surface area contributed by atoms with Gasteiger partial charge in [0.1, 0.15) is 0 Å². The Balaban J connectivity index is 2.48. The number of nitrogens with zero attached hydrogens (tertiary/aromatic N) is 1. The van der Waals surface area contributed by atoms with Crippen LogP contribution in [0, 0.1) is 0 Å². The van der Waals surface area contributed by atoms with Crippen LogP contribution in [0.5, 0.6) is 0 Å². The van der Waals surface area contributed by atoms with Crippen LogP contribution in [0.4, 0.5) is 0 Å². The van der Waals surface area contributed by atoms with Crippen LogP contribution in [-0.4, -0.2) is 10.5 Å². The second-order valence-electron chi connectivity index (χ2n) is 3.86. The molecule has 0 saturated carbocycles. The Morgan fingerprint density at radius 3 is 2.94 bits per heavy atom. The van der Waals surface area contributed by atoms with Gasteiger partial charge in [-0.1, -0.05) is 24.3 Å². The van der Waals surface area contributed by atoms with Crippen molar-refractivity contribution in [3.8, 4) is 0 Å². The Labute approximate surface area is 99.7 Å². The lowest BCUT2D eigenvalue weighted by Gasteiger charge is -1.99. The molecule has 0 bridgehead atoms. The molecule has 2 rings (SSSR count). The van der Waals surface area contributed by atoms with Crippen molar-refractivity contribution in [2.75, 3.05) is 0 Å². The quantitative estimate of drug-likeness (QED) is 0.360. The van der Waals surface area contributed by atoms with E-state index in [1.165, 1.54) is 0 Å². The molecule has 0 atom stereocenters. The van der Waals surface area contributed by atoms with Gasteiger partial charge in [-0.2, -0.15) is 0 Å². The van der Waals surface area contributed by atoms with E-state index in [0.29, 0.717) is 6.42 Å². The zero-order valence-electron chi connectivity index (χ0n) is 9.52. The van der Waals surface area contributed by atoms with Gasteiger partial charge in [-0.05, 0) is 11.6 Å². The molecule has 0 aliphatic rings. The number of para-hydroxylation sites is 1.